The second-order valence-corrected chi connectivity index (χ2v) is 2.15. The van der Waals surface area contributed by atoms with Crippen molar-refractivity contribution in [2.75, 3.05) is 13.2 Å². The van der Waals surface area contributed by atoms with Gasteiger partial charge in [-0.3, -0.25) is 9.59 Å². The number of amides is 1. The summed E-state index contributed by atoms with van der Waals surface area (Å²) in [6.45, 7) is 0.273. The molecule has 0 aliphatic heterocycles. The van der Waals surface area contributed by atoms with Gasteiger partial charge >= 0.3 is 0 Å². The summed E-state index contributed by atoms with van der Waals surface area (Å²) >= 11 is 0. The van der Waals surface area contributed by atoms with Crippen LogP contribution in [-0.4, -0.2) is 24.9 Å². The molecule has 1 atom stereocenters. The molecule has 0 aliphatic rings. The summed E-state index contributed by atoms with van der Waals surface area (Å²) in [5, 5.41) is 10.4. The van der Waals surface area contributed by atoms with Gasteiger partial charge in [-0.1, -0.05) is 0 Å². The van der Waals surface area contributed by atoms with E-state index in [9.17, 15) is 14.0 Å². The molecule has 5 heteroatoms. The zero-order chi connectivity index (χ0) is 9.56. The largest absolute Gasteiger partial charge is 0.352 e. The van der Waals surface area contributed by atoms with E-state index in [1.807, 2.05) is 0 Å². The lowest BCUT2D eigenvalue weighted by atomic mass is 10.1. The highest BCUT2D eigenvalue weighted by molar-refractivity contribution is 6.02. The van der Waals surface area contributed by atoms with E-state index in [1.54, 1.807) is 0 Å². The molecule has 0 aliphatic carbocycles. The highest BCUT2D eigenvalue weighted by atomic mass is 19.1. The SMILES string of the molecule is CC(=O)C(C#N)C(=O)NCCF. The second-order valence-electron chi connectivity index (χ2n) is 2.15. The molecule has 0 heterocycles. The minimum Gasteiger partial charge on any atom is -0.352 e. The number of hydrogen-bond acceptors (Lipinski definition) is 3. The van der Waals surface area contributed by atoms with Gasteiger partial charge in [-0.25, -0.2) is 4.39 Å². The van der Waals surface area contributed by atoms with E-state index in [-0.39, 0.29) is 6.54 Å². The first kappa shape index (κ1) is 10.6. The van der Waals surface area contributed by atoms with Gasteiger partial charge in [0.1, 0.15) is 6.67 Å². The summed E-state index contributed by atoms with van der Waals surface area (Å²) in [6, 6.07) is 1.53. The molecular weight excluding hydrogens is 163 g/mol. The van der Waals surface area contributed by atoms with Crippen molar-refractivity contribution < 1.29 is 14.0 Å². The molecule has 1 amide bonds. The van der Waals surface area contributed by atoms with E-state index < -0.39 is 24.3 Å². The number of Topliss-reactive ketones (excluding diaryl/α,β-unsaturated/α-hetero) is 1. The molecule has 1 N–H and O–H groups in total. The van der Waals surface area contributed by atoms with Crippen LogP contribution < -0.4 is 5.32 Å². The van der Waals surface area contributed by atoms with Crippen molar-refractivity contribution in [3.8, 4) is 6.07 Å². The Morgan fingerprint density at radius 1 is 1.67 bits per heavy atom. The fraction of sp³-hybridized carbons (Fsp3) is 0.571. The number of nitrogens with zero attached hydrogens (tertiary/aromatic N) is 1. The van der Waals surface area contributed by atoms with Crippen LogP contribution in [-0.2, 0) is 9.59 Å². The molecule has 0 aromatic carbocycles. The van der Waals surface area contributed by atoms with Gasteiger partial charge in [-0.15, -0.1) is 0 Å². The molecule has 0 saturated carbocycles. The third-order valence-electron chi connectivity index (χ3n) is 1.19. The standard InChI is InChI=1S/C7H9FN2O2/c1-5(11)6(4-9)7(12)10-3-2-8/h6H,2-3H2,1H3,(H,10,12). The summed E-state index contributed by atoms with van der Waals surface area (Å²) in [7, 11) is 0. The highest BCUT2D eigenvalue weighted by Gasteiger charge is 2.21. The number of carbonyl (C=O) groups is 2. The van der Waals surface area contributed by atoms with E-state index in [2.05, 4.69) is 5.32 Å². The molecule has 12 heavy (non-hydrogen) atoms. The van der Waals surface area contributed by atoms with Gasteiger partial charge in [0, 0.05) is 6.54 Å². The number of ketones is 1. The topological polar surface area (TPSA) is 70.0 Å². The first-order valence-electron chi connectivity index (χ1n) is 3.37. The fourth-order valence-electron chi connectivity index (χ4n) is 0.607. The van der Waals surface area contributed by atoms with Crippen molar-refractivity contribution in [1.29, 1.82) is 5.26 Å². The zero-order valence-electron chi connectivity index (χ0n) is 6.63. The lowest BCUT2D eigenvalue weighted by Gasteiger charge is -2.04. The lowest BCUT2D eigenvalue weighted by molar-refractivity contribution is -0.130. The van der Waals surface area contributed by atoms with Gasteiger partial charge in [0.25, 0.3) is 0 Å². The Morgan fingerprint density at radius 2 is 2.25 bits per heavy atom. The molecule has 0 saturated heterocycles. The summed E-state index contributed by atoms with van der Waals surface area (Å²) in [5.74, 6) is -2.58. The van der Waals surface area contributed by atoms with Crippen molar-refractivity contribution in [2.24, 2.45) is 5.92 Å². The number of nitriles is 1. The van der Waals surface area contributed by atoms with Gasteiger partial charge in [-0.2, -0.15) is 5.26 Å². The monoisotopic (exact) mass is 172 g/mol. The van der Waals surface area contributed by atoms with Gasteiger partial charge in [0.05, 0.1) is 6.07 Å². The smallest absolute Gasteiger partial charge is 0.245 e. The predicted molar refractivity (Wildman–Crippen MR) is 38.8 cm³/mol. The summed E-state index contributed by atoms with van der Waals surface area (Å²) in [6.07, 6.45) is 0. The van der Waals surface area contributed by atoms with Crippen LogP contribution in [0.25, 0.3) is 0 Å². The van der Waals surface area contributed by atoms with Crippen LogP contribution in [0.15, 0.2) is 0 Å². The Morgan fingerprint density at radius 3 is 2.58 bits per heavy atom. The number of rotatable bonds is 4. The molecule has 0 spiro atoms. The van der Waals surface area contributed by atoms with Gasteiger partial charge < -0.3 is 5.32 Å². The number of alkyl halides is 1. The Bertz CT molecular complexity index is 222. The summed E-state index contributed by atoms with van der Waals surface area (Å²) in [5.41, 5.74) is 0. The zero-order valence-corrected chi connectivity index (χ0v) is 6.63. The van der Waals surface area contributed by atoms with E-state index in [0.29, 0.717) is 0 Å². The quantitative estimate of drug-likeness (QED) is 0.597. The third kappa shape index (κ3) is 3.10. The molecule has 0 bridgehead atoms. The Balaban J connectivity index is 4.07. The first-order valence-corrected chi connectivity index (χ1v) is 3.37. The van der Waals surface area contributed by atoms with Crippen LogP contribution in [0.1, 0.15) is 6.92 Å². The maximum atomic E-state index is 11.5. The third-order valence-corrected chi connectivity index (χ3v) is 1.19. The molecular formula is C7H9FN2O2. The molecule has 0 aromatic rings. The maximum absolute atomic E-state index is 11.5. The lowest BCUT2D eigenvalue weighted by Crippen LogP contribution is -2.34. The fourth-order valence-corrected chi connectivity index (χ4v) is 0.607. The maximum Gasteiger partial charge on any atom is 0.245 e. The van der Waals surface area contributed by atoms with Crippen molar-refractivity contribution in [2.45, 2.75) is 6.92 Å². The van der Waals surface area contributed by atoms with Crippen LogP contribution >= 0.6 is 0 Å². The number of carbonyl (C=O) groups excluding carboxylic acids is 2. The van der Waals surface area contributed by atoms with Crippen LogP contribution in [0.2, 0.25) is 0 Å². The normalized spacial score (nSPS) is 11.4. The number of nitrogens with one attached hydrogen (secondary N) is 1. The highest BCUT2D eigenvalue weighted by Crippen LogP contribution is 1.95. The van der Waals surface area contributed by atoms with Crippen molar-refractivity contribution in [1.82, 2.24) is 5.32 Å². The van der Waals surface area contributed by atoms with Gasteiger partial charge in [0.15, 0.2) is 11.7 Å². The molecule has 4 nitrogen and oxygen atoms in total. The summed E-state index contributed by atoms with van der Waals surface area (Å²) in [4.78, 5) is 21.5. The molecule has 0 rings (SSSR count). The Hall–Kier alpha value is -1.44. The van der Waals surface area contributed by atoms with E-state index in [4.69, 9.17) is 5.26 Å². The first-order chi connectivity index (χ1) is 5.63. The molecule has 0 radical (unpaired) electrons. The van der Waals surface area contributed by atoms with E-state index in [1.165, 1.54) is 6.07 Å². The van der Waals surface area contributed by atoms with Crippen LogP contribution in [0.4, 0.5) is 4.39 Å². The van der Waals surface area contributed by atoms with E-state index in [0.717, 1.165) is 6.92 Å². The average Bonchev–Trinajstić information content (AvgIpc) is 2.01. The predicted octanol–water partition coefficient (Wildman–Crippen LogP) is -0.199. The molecule has 0 aromatic heterocycles. The number of hydrogen-bond donors (Lipinski definition) is 1. The number of halogens is 1. The summed E-state index contributed by atoms with van der Waals surface area (Å²) < 4.78 is 11.5. The second kappa shape index (κ2) is 5.24. The van der Waals surface area contributed by atoms with Crippen LogP contribution in [0, 0.1) is 17.2 Å². The molecule has 1 unspecified atom stereocenters. The van der Waals surface area contributed by atoms with Crippen molar-refractivity contribution in [3.05, 3.63) is 0 Å². The molecule has 66 valence electrons. The van der Waals surface area contributed by atoms with Crippen LogP contribution in [0.3, 0.4) is 0 Å². The van der Waals surface area contributed by atoms with Gasteiger partial charge in [0.2, 0.25) is 5.91 Å². The Kier molecular flexibility index (Phi) is 4.61. The minimum absolute atomic E-state index is 0.162. The van der Waals surface area contributed by atoms with E-state index >= 15 is 0 Å². The van der Waals surface area contributed by atoms with Gasteiger partial charge in [-0.05, 0) is 6.92 Å². The molecule has 0 fully saturated rings. The van der Waals surface area contributed by atoms with Crippen molar-refractivity contribution >= 4 is 11.7 Å². The average molecular weight is 172 g/mol. The Labute approximate surface area is 69.4 Å². The van der Waals surface area contributed by atoms with Crippen molar-refractivity contribution in [3.63, 3.8) is 0 Å². The minimum atomic E-state index is -1.31. The van der Waals surface area contributed by atoms with Crippen LogP contribution in [0.5, 0.6) is 0 Å².